The molecule has 2 N–H and O–H groups in total. The first-order valence-electron chi connectivity index (χ1n) is 5.24. The van der Waals surface area contributed by atoms with Crippen LogP contribution in [0.3, 0.4) is 0 Å². The van der Waals surface area contributed by atoms with Gasteiger partial charge in [-0.25, -0.2) is 4.98 Å². The number of anilines is 1. The van der Waals surface area contributed by atoms with Gasteiger partial charge in [0.05, 0.1) is 11.4 Å². The lowest BCUT2D eigenvalue weighted by Gasteiger charge is -2.10. The summed E-state index contributed by atoms with van der Waals surface area (Å²) in [5.74, 6) is 1.18. The molecule has 0 unspecified atom stereocenters. The number of benzene rings is 1. The van der Waals surface area contributed by atoms with Crippen molar-refractivity contribution < 1.29 is 4.74 Å². The van der Waals surface area contributed by atoms with Crippen molar-refractivity contribution in [2.45, 2.75) is 13.8 Å². The molecule has 1 heterocycles. The van der Waals surface area contributed by atoms with Crippen molar-refractivity contribution in [2.75, 3.05) is 5.73 Å². The second kappa shape index (κ2) is 4.75. The Balaban J connectivity index is 2.31. The van der Waals surface area contributed by atoms with Crippen LogP contribution in [0.5, 0.6) is 11.6 Å². The maximum atomic E-state index is 5.94. The third kappa shape index (κ3) is 2.58. The van der Waals surface area contributed by atoms with Crippen LogP contribution >= 0.6 is 15.9 Å². The number of pyridine rings is 1. The molecule has 2 aromatic rings. The first-order chi connectivity index (χ1) is 8.08. The molecule has 1 aromatic carbocycles. The van der Waals surface area contributed by atoms with Gasteiger partial charge in [-0.15, -0.1) is 0 Å². The van der Waals surface area contributed by atoms with Crippen LogP contribution in [-0.2, 0) is 0 Å². The summed E-state index contributed by atoms with van der Waals surface area (Å²) in [6.45, 7) is 3.86. The molecule has 0 fully saturated rings. The van der Waals surface area contributed by atoms with E-state index in [2.05, 4.69) is 20.9 Å². The summed E-state index contributed by atoms with van der Waals surface area (Å²) in [7, 11) is 0. The van der Waals surface area contributed by atoms with Gasteiger partial charge in [-0.1, -0.05) is 12.1 Å². The first-order valence-corrected chi connectivity index (χ1v) is 6.03. The second-order valence-electron chi connectivity index (χ2n) is 3.81. The molecular formula is C13H13BrN2O. The van der Waals surface area contributed by atoms with Crippen molar-refractivity contribution in [3.8, 4) is 11.6 Å². The average molecular weight is 293 g/mol. The van der Waals surface area contributed by atoms with Gasteiger partial charge in [0.25, 0.3) is 0 Å². The molecule has 0 spiro atoms. The number of aryl methyl sites for hydroxylation is 2. The minimum atomic E-state index is 0.544. The number of rotatable bonds is 2. The molecule has 0 bridgehead atoms. The topological polar surface area (TPSA) is 48.1 Å². The van der Waals surface area contributed by atoms with Crippen LogP contribution in [0.25, 0.3) is 0 Å². The number of nitrogen functional groups attached to an aromatic ring is 1. The monoisotopic (exact) mass is 292 g/mol. The fourth-order valence-corrected chi connectivity index (χ4v) is 1.65. The van der Waals surface area contributed by atoms with Crippen molar-refractivity contribution >= 4 is 21.6 Å². The lowest BCUT2D eigenvalue weighted by molar-refractivity contribution is 0.463. The van der Waals surface area contributed by atoms with E-state index in [0.29, 0.717) is 17.3 Å². The van der Waals surface area contributed by atoms with E-state index in [1.54, 1.807) is 6.07 Å². The maximum Gasteiger partial charge on any atom is 0.219 e. The molecule has 0 radical (unpaired) electrons. The number of ether oxygens (including phenoxy) is 1. The normalized spacial score (nSPS) is 10.3. The van der Waals surface area contributed by atoms with E-state index in [1.165, 1.54) is 0 Å². The molecular weight excluding hydrogens is 280 g/mol. The quantitative estimate of drug-likeness (QED) is 0.856. The van der Waals surface area contributed by atoms with Crippen LogP contribution < -0.4 is 10.5 Å². The largest absolute Gasteiger partial charge is 0.437 e. The summed E-state index contributed by atoms with van der Waals surface area (Å²) in [4.78, 5) is 4.31. The molecule has 1 aromatic heterocycles. The molecule has 0 saturated heterocycles. The van der Waals surface area contributed by atoms with E-state index in [1.807, 2.05) is 38.1 Å². The number of para-hydroxylation sites is 1. The Bertz CT molecular complexity index is 555. The summed E-state index contributed by atoms with van der Waals surface area (Å²) in [5.41, 5.74) is 8.46. The minimum absolute atomic E-state index is 0.544. The molecule has 88 valence electrons. The van der Waals surface area contributed by atoms with Crippen LogP contribution in [0.4, 0.5) is 5.69 Å². The Labute approximate surface area is 109 Å². The summed E-state index contributed by atoms with van der Waals surface area (Å²) >= 11 is 3.40. The van der Waals surface area contributed by atoms with Crippen LogP contribution in [0.1, 0.15) is 11.3 Å². The van der Waals surface area contributed by atoms with Crippen molar-refractivity contribution in [1.29, 1.82) is 0 Å². The lowest BCUT2D eigenvalue weighted by atomic mass is 10.2. The number of nitrogens with two attached hydrogens (primary N) is 1. The highest BCUT2D eigenvalue weighted by atomic mass is 79.9. The number of nitrogens with zero attached hydrogens (tertiary/aromatic N) is 1. The second-order valence-corrected chi connectivity index (χ2v) is 4.66. The standard InChI is InChI=1S/C13H13BrN2O/c1-8-4-3-5-11(13(8)15)17-12-7-6-10(14)9(2)16-12/h3-7H,15H2,1-2H3. The Hall–Kier alpha value is -1.55. The zero-order valence-corrected chi connectivity index (χ0v) is 11.3. The lowest BCUT2D eigenvalue weighted by Crippen LogP contribution is -1.96. The van der Waals surface area contributed by atoms with Gasteiger partial charge in [-0.2, -0.15) is 0 Å². The van der Waals surface area contributed by atoms with Crippen molar-refractivity contribution in [2.24, 2.45) is 0 Å². The predicted molar refractivity (Wildman–Crippen MR) is 72.3 cm³/mol. The van der Waals surface area contributed by atoms with Gasteiger partial charge in [-0.05, 0) is 47.5 Å². The van der Waals surface area contributed by atoms with Crippen LogP contribution in [-0.4, -0.2) is 4.98 Å². The average Bonchev–Trinajstić information content (AvgIpc) is 2.30. The molecule has 2 rings (SSSR count). The van der Waals surface area contributed by atoms with E-state index in [9.17, 15) is 0 Å². The Morgan fingerprint density at radius 1 is 1.18 bits per heavy atom. The van der Waals surface area contributed by atoms with Gasteiger partial charge in [0.2, 0.25) is 5.88 Å². The Morgan fingerprint density at radius 2 is 1.94 bits per heavy atom. The van der Waals surface area contributed by atoms with E-state index >= 15 is 0 Å². The van der Waals surface area contributed by atoms with Crippen LogP contribution in [0.2, 0.25) is 0 Å². The SMILES string of the molecule is Cc1cccc(Oc2ccc(Br)c(C)n2)c1N. The highest BCUT2D eigenvalue weighted by Gasteiger charge is 2.06. The summed E-state index contributed by atoms with van der Waals surface area (Å²) in [6.07, 6.45) is 0. The van der Waals surface area contributed by atoms with Crippen molar-refractivity contribution in [3.63, 3.8) is 0 Å². The molecule has 3 nitrogen and oxygen atoms in total. The van der Waals surface area contributed by atoms with Gasteiger partial charge in [-0.3, -0.25) is 0 Å². The van der Waals surface area contributed by atoms with Gasteiger partial charge >= 0.3 is 0 Å². The van der Waals surface area contributed by atoms with Crippen LogP contribution in [0.15, 0.2) is 34.8 Å². The van der Waals surface area contributed by atoms with Gasteiger partial charge in [0.15, 0.2) is 5.75 Å². The number of halogens is 1. The maximum absolute atomic E-state index is 5.94. The Morgan fingerprint density at radius 3 is 2.65 bits per heavy atom. The fraction of sp³-hybridized carbons (Fsp3) is 0.154. The van der Waals surface area contributed by atoms with Gasteiger partial charge in [0, 0.05) is 10.5 Å². The highest BCUT2D eigenvalue weighted by molar-refractivity contribution is 9.10. The minimum Gasteiger partial charge on any atom is -0.437 e. The number of hydrogen-bond acceptors (Lipinski definition) is 3. The van der Waals surface area contributed by atoms with Crippen molar-refractivity contribution in [3.05, 3.63) is 46.1 Å². The molecule has 4 heteroatoms. The molecule has 0 aliphatic carbocycles. The predicted octanol–water partition coefficient (Wildman–Crippen LogP) is 3.84. The van der Waals surface area contributed by atoms with Gasteiger partial charge < -0.3 is 10.5 Å². The third-order valence-corrected chi connectivity index (χ3v) is 3.33. The van der Waals surface area contributed by atoms with Gasteiger partial charge in [0.1, 0.15) is 0 Å². The van der Waals surface area contributed by atoms with E-state index in [4.69, 9.17) is 10.5 Å². The third-order valence-electron chi connectivity index (χ3n) is 2.49. The van der Waals surface area contributed by atoms with E-state index in [0.717, 1.165) is 15.7 Å². The molecule has 0 saturated carbocycles. The van der Waals surface area contributed by atoms with E-state index in [-0.39, 0.29) is 0 Å². The molecule has 0 aliphatic rings. The zero-order valence-electron chi connectivity index (χ0n) is 9.70. The number of hydrogen-bond donors (Lipinski definition) is 1. The zero-order chi connectivity index (χ0) is 12.4. The van der Waals surface area contributed by atoms with E-state index < -0.39 is 0 Å². The summed E-state index contributed by atoms with van der Waals surface area (Å²) < 4.78 is 6.63. The summed E-state index contributed by atoms with van der Waals surface area (Å²) in [5, 5.41) is 0. The number of aromatic nitrogens is 1. The highest BCUT2D eigenvalue weighted by Crippen LogP contribution is 2.29. The smallest absolute Gasteiger partial charge is 0.219 e. The molecule has 0 amide bonds. The first kappa shape index (κ1) is 11.9. The molecule has 0 aliphatic heterocycles. The van der Waals surface area contributed by atoms with Crippen LogP contribution in [0, 0.1) is 13.8 Å². The summed E-state index contributed by atoms with van der Waals surface area (Å²) in [6, 6.07) is 9.40. The fourth-order valence-electron chi connectivity index (χ4n) is 1.43. The Kier molecular flexibility index (Phi) is 3.33. The molecule has 17 heavy (non-hydrogen) atoms. The van der Waals surface area contributed by atoms with Crippen molar-refractivity contribution in [1.82, 2.24) is 4.98 Å². The molecule has 0 atom stereocenters.